The monoisotopic (exact) mass is 135 g/mol. The Bertz CT molecular complexity index is 228. The third-order valence-electron chi connectivity index (χ3n) is 0.910. The van der Waals surface area contributed by atoms with Gasteiger partial charge in [0.05, 0.1) is 0 Å². The van der Waals surface area contributed by atoms with Gasteiger partial charge in [-0.25, -0.2) is 0 Å². The van der Waals surface area contributed by atoms with Crippen LogP contribution in [0.1, 0.15) is 5.56 Å². The van der Waals surface area contributed by atoms with Gasteiger partial charge in [0, 0.05) is 10.9 Å². The summed E-state index contributed by atoms with van der Waals surface area (Å²) in [6.07, 6.45) is 0. The van der Waals surface area contributed by atoms with Crippen molar-refractivity contribution in [2.45, 2.75) is 0 Å². The van der Waals surface area contributed by atoms with Gasteiger partial charge in [-0.05, 0) is 35.7 Å². The van der Waals surface area contributed by atoms with E-state index in [1.54, 1.807) is 12.1 Å². The van der Waals surface area contributed by atoms with Gasteiger partial charge in [0.2, 0.25) is 0 Å². The molecule has 1 heteroatoms. The Morgan fingerprint density at radius 1 is 1.33 bits per heavy atom. The minimum Gasteiger partial charge on any atom is -0.0531 e. The third-order valence-corrected chi connectivity index (χ3v) is 1.00. The van der Waals surface area contributed by atoms with Gasteiger partial charge in [-0.15, -0.1) is 0 Å². The molecule has 1 radical (unpaired) electrons. The molecule has 0 saturated heterocycles. The second kappa shape index (κ2) is 3.17. The molecule has 0 bridgehead atoms. The van der Waals surface area contributed by atoms with Crippen molar-refractivity contribution in [1.29, 1.82) is 0 Å². The highest BCUT2D eigenvalue weighted by atomic mass is 35.5. The second-order valence-corrected chi connectivity index (χ2v) is 1.70. The van der Waals surface area contributed by atoms with Crippen molar-refractivity contribution in [2.24, 2.45) is 0 Å². The Hall–Kier alpha value is -0.930. The lowest BCUT2D eigenvalue weighted by atomic mass is 10.2. The molecule has 0 saturated carbocycles. The average Bonchev–Trinajstić information content (AvgIpc) is 1.91. The van der Waals surface area contributed by atoms with Crippen LogP contribution in [0.4, 0.5) is 0 Å². The number of benzene rings is 1. The van der Waals surface area contributed by atoms with E-state index in [0.29, 0.717) is 0 Å². The van der Waals surface area contributed by atoms with Crippen LogP contribution in [-0.2, 0) is 0 Å². The van der Waals surface area contributed by atoms with Crippen LogP contribution in [0, 0.1) is 17.4 Å². The van der Waals surface area contributed by atoms with Crippen molar-refractivity contribution in [2.75, 3.05) is 0 Å². The van der Waals surface area contributed by atoms with Crippen LogP contribution in [0.2, 0.25) is 0 Å². The molecule has 0 aliphatic rings. The summed E-state index contributed by atoms with van der Waals surface area (Å²) in [5.74, 6) is 2.70. The average molecular weight is 136 g/mol. The minimum absolute atomic E-state index is 0.920. The first-order chi connectivity index (χ1) is 4.43. The third kappa shape index (κ3) is 1.79. The molecule has 0 N–H and O–H groups in total. The lowest BCUT2D eigenvalue weighted by Gasteiger charge is -1.82. The summed E-state index contributed by atoms with van der Waals surface area (Å²) in [5.41, 5.74) is 0.920. The molecule has 0 heterocycles. The summed E-state index contributed by atoms with van der Waals surface area (Å²) >= 11 is 5.16. The fraction of sp³-hybridized carbons (Fsp3) is 0. The summed E-state index contributed by atoms with van der Waals surface area (Å²) in [6, 6.07) is 10.2. The smallest absolute Gasteiger partial charge is 0.0258 e. The van der Waals surface area contributed by atoms with Crippen molar-refractivity contribution < 1.29 is 0 Å². The van der Waals surface area contributed by atoms with Crippen LogP contribution in [-0.4, -0.2) is 0 Å². The fourth-order valence-corrected chi connectivity index (χ4v) is 0.634. The SMILES string of the molecule is ClC#Cc1cc[c]cc1. The topological polar surface area (TPSA) is 0 Å². The zero-order valence-electron chi connectivity index (χ0n) is 4.69. The van der Waals surface area contributed by atoms with Crippen LogP contribution in [0.25, 0.3) is 0 Å². The van der Waals surface area contributed by atoms with E-state index < -0.39 is 0 Å². The van der Waals surface area contributed by atoms with Gasteiger partial charge >= 0.3 is 0 Å². The lowest BCUT2D eigenvalue weighted by molar-refractivity contribution is 1.64. The van der Waals surface area contributed by atoms with E-state index in [1.165, 1.54) is 0 Å². The molecule has 9 heavy (non-hydrogen) atoms. The molecule has 43 valence electrons. The van der Waals surface area contributed by atoms with E-state index in [0.717, 1.165) is 5.56 Å². The first kappa shape index (κ1) is 6.19. The molecule has 0 fully saturated rings. The fourth-order valence-electron chi connectivity index (χ4n) is 0.525. The molecule has 0 spiro atoms. The zero-order valence-corrected chi connectivity index (χ0v) is 5.44. The number of hydrogen-bond acceptors (Lipinski definition) is 0. The first-order valence-corrected chi connectivity index (χ1v) is 2.89. The van der Waals surface area contributed by atoms with Crippen molar-refractivity contribution >= 4 is 11.6 Å². The quantitative estimate of drug-likeness (QED) is 0.478. The van der Waals surface area contributed by atoms with Gasteiger partial charge in [-0.1, -0.05) is 12.1 Å². The van der Waals surface area contributed by atoms with E-state index in [4.69, 9.17) is 11.6 Å². The van der Waals surface area contributed by atoms with E-state index in [2.05, 4.69) is 17.4 Å². The zero-order chi connectivity index (χ0) is 6.53. The lowest BCUT2D eigenvalue weighted by Crippen LogP contribution is -1.67. The predicted octanol–water partition coefficient (Wildman–Crippen LogP) is 2.03. The summed E-state index contributed by atoms with van der Waals surface area (Å²) in [6.45, 7) is 0. The van der Waals surface area contributed by atoms with Gasteiger partial charge in [0.15, 0.2) is 0 Å². The van der Waals surface area contributed by atoms with Crippen LogP contribution in [0.3, 0.4) is 0 Å². The Labute approximate surface area is 59.5 Å². The van der Waals surface area contributed by atoms with Crippen molar-refractivity contribution in [1.82, 2.24) is 0 Å². The molecule has 0 amide bonds. The van der Waals surface area contributed by atoms with Gasteiger partial charge in [0.1, 0.15) is 0 Å². The maximum Gasteiger partial charge on any atom is 0.0258 e. The highest BCUT2D eigenvalue weighted by Gasteiger charge is 1.78. The van der Waals surface area contributed by atoms with Crippen LogP contribution >= 0.6 is 11.6 Å². The molecule has 0 nitrogen and oxygen atoms in total. The molecule has 0 unspecified atom stereocenters. The maximum absolute atomic E-state index is 5.16. The van der Waals surface area contributed by atoms with E-state index in [9.17, 15) is 0 Å². The highest BCUT2D eigenvalue weighted by Crippen LogP contribution is 1.93. The highest BCUT2D eigenvalue weighted by molar-refractivity contribution is 6.30. The molecule has 0 aliphatic carbocycles. The summed E-state index contributed by atoms with van der Waals surface area (Å²) < 4.78 is 0. The Morgan fingerprint density at radius 2 is 2.00 bits per heavy atom. The molecule has 0 atom stereocenters. The largest absolute Gasteiger partial charge is 0.0531 e. The Kier molecular flexibility index (Phi) is 2.18. The van der Waals surface area contributed by atoms with E-state index in [1.807, 2.05) is 12.1 Å². The molecule has 1 aromatic rings. The van der Waals surface area contributed by atoms with Gasteiger partial charge in [0.25, 0.3) is 0 Å². The molecule has 0 aromatic heterocycles. The minimum atomic E-state index is 0.920. The summed E-state index contributed by atoms with van der Waals surface area (Å²) in [7, 11) is 0. The molecular formula is C8H4Cl. The number of halogens is 1. The predicted molar refractivity (Wildman–Crippen MR) is 38.0 cm³/mol. The van der Waals surface area contributed by atoms with Crippen LogP contribution in [0.5, 0.6) is 0 Å². The maximum atomic E-state index is 5.16. The van der Waals surface area contributed by atoms with Crippen LogP contribution in [0.15, 0.2) is 24.3 Å². The second-order valence-electron chi connectivity index (χ2n) is 1.51. The Balaban J connectivity index is 2.94. The van der Waals surface area contributed by atoms with Crippen molar-refractivity contribution in [3.05, 3.63) is 35.9 Å². The van der Waals surface area contributed by atoms with E-state index >= 15 is 0 Å². The first-order valence-electron chi connectivity index (χ1n) is 2.51. The number of rotatable bonds is 0. The molecule has 1 aromatic carbocycles. The Morgan fingerprint density at radius 3 is 2.56 bits per heavy atom. The molecular weight excluding hydrogens is 132 g/mol. The van der Waals surface area contributed by atoms with E-state index in [-0.39, 0.29) is 0 Å². The van der Waals surface area contributed by atoms with Crippen molar-refractivity contribution in [3.8, 4) is 11.3 Å². The van der Waals surface area contributed by atoms with Crippen molar-refractivity contribution in [3.63, 3.8) is 0 Å². The van der Waals surface area contributed by atoms with Gasteiger partial charge in [-0.3, -0.25) is 0 Å². The standard InChI is InChI=1S/C8H4Cl/c9-7-6-8-4-2-1-3-5-8/h2-5H. The van der Waals surface area contributed by atoms with Gasteiger partial charge in [-0.2, -0.15) is 0 Å². The summed E-state index contributed by atoms with van der Waals surface area (Å²) in [4.78, 5) is 0. The molecule has 1 rings (SSSR count). The van der Waals surface area contributed by atoms with Crippen LogP contribution < -0.4 is 0 Å². The van der Waals surface area contributed by atoms with Gasteiger partial charge < -0.3 is 0 Å². The molecule has 0 aliphatic heterocycles. The normalized spacial score (nSPS) is 7.67. The number of hydrogen-bond donors (Lipinski definition) is 0. The summed E-state index contributed by atoms with van der Waals surface area (Å²) in [5, 5.41) is 2.29.